The molecule has 0 spiro atoms. The molecule has 1 aromatic carbocycles. The molecule has 28 heavy (non-hydrogen) atoms. The zero-order valence-corrected chi connectivity index (χ0v) is 17.6. The van der Waals surface area contributed by atoms with Gasteiger partial charge < -0.3 is 20.1 Å². The van der Waals surface area contributed by atoms with Crippen molar-refractivity contribution in [2.45, 2.75) is 39.8 Å². The fourth-order valence-electron chi connectivity index (χ4n) is 3.40. The van der Waals surface area contributed by atoms with E-state index in [9.17, 15) is 4.39 Å². The average Bonchev–Trinajstić information content (AvgIpc) is 2.69. The minimum absolute atomic E-state index is 0.288. The molecule has 0 amide bonds. The Balaban J connectivity index is 1.87. The van der Waals surface area contributed by atoms with Crippen molar-refractivity contribution < 1.29 is 13.9 Å². The third kappa shape index (κ3) is 7.28. The summed E-state index contributed by atoms with van der Waals surface area (Å²) in [7, 11) is 1.75. The van der Waals surface area contributed by atoms with Gasteiger partial charge in [0, 0.05) is 39.3 Å². The Hall–Kier alpha value is -1.86. The Morgan fingerprint density at radius 2 is 2.04 bits per heavy atom. The summed E-state index contributed by atoms with van der Waals surface area (Å²) in [5, 5.41) is 6.69. The van der Waals surface area contributed by atoms with Crippen molar-refractivity contribution in [2.75, 3.05) is 46.5 Å². The molecule has 1 aromatic rings. The third-order valence-corrected chi connectivity index (χ3v) is 4.79. The van der Waals surface area contributed by atoms with Crippen LogP contribution in [-0.2, 0) is 11.3 Å². The predicted molar refractivity (Wildman–Crippen MR) is 111 cm³/mol. The van der Waals surface area contributed by atoms with E-state index in [1.807, 2.05) is 13.0 Å². The van der Waals surface area contributed by atoms with Gasteiger partial charge in [0.1, 0.15) is 0 Å². The van der Waals surface area contributed by atoms with E-state index in [1.165, 1.54) is 6.07 Å². The zero-order chi connectivity index (χ0) is 20.4. The molecule has 6 nitrogen and oxygen atoms in total. The second-order valence-electron chi connectivity index (χ2n) is 7.44. The summed E-state index contributed by atoms with van der Waals surface area (Å²) < 4.78 is 24.7. The SMILES string of the molecule is CCOc1ccc(CNC(=NC)NCC(CC(C)C)N2CCOCC2)cc1F. The maximum atomic E-state index is 14.0. The number of ether oxygens (including phenoxy) is 2. The number of hydrogen-bond acceptors (Lipinski definition) is 4. The van der Waals surface area contributed by atoms with Crippen LogP contribution in [0.2, 0.25) is 0 Å². The molecule has 1 aliphatic rings. The quantitative estimate of drug-likeness (QED) is 0.498. The molecule has 0 aliphatic carbocycles. The molecule has 1 heterocycles. The number of rotatable bonds is 9. The molecule has 1 atom stereocenters. The first-order valence-corrected chi connectivity index (χ1v) is 10.2. The Bertz CT molecular complexity index is 618. The largest absolute Gasteiger partial charge is 0.491 e. The van der Waals surface area contributed by atoms with Gasteiger partial charge in [-0.25, -0.2) is 4.39 Å². The average molecular weight is 395 g/mol. The lowest BCUT2D eigenvalue weighted by atomic mass is 10.0. The highest BCUT2D eigenvalue weighted by Crippen LogP contribution is 2.18. The van der Waals surface area contributed by atoms with Gasteiger partial charge in [0.25, 0.3) is 0 Å². The van der Waals surface area contributed by atoms with Gasteiger partial charge in [0.2, 0.25) is 0 Å². The van der Waals surface area contributed by atoms with E-state index in [2.05, 4.69) is 34.4 Å². The van der Waals surface area contributed by atoms with Crippen molar-refractivity contribution in [1.82, 2.24) is 15.5 Å². The summed E-state index contributed by atoms with van der Waals surface area (Å²) in [6.45, 7) is 11.6. The van der Waals surface area contributed by atoms with Gasteiger partial charge in [-0.2, -0.15) is 0 Å². The third-order valence-electron chi connectivity index (χ3n) is 4.79. The van der Waals surface area contributed by atoms with Crippen LogP contribution in [0.3, 0.4) is 0 Å². The molecule has 0 bridgehead atoms. The van der Waals surface area contributed by atoms with Crippen LogP contribution in [0.15, 0.2) is 23.2 Å². The van der Waals surface area contributed by atoms with Crippen molar-refractivity contribution in [2.24, 2.45) is 10.9 Å². The lowest BCUT2D eigenvalue weighted by Gasteiger charge is -2.35. The molecular formula is C21H35FN4O2. The highest BCUT2D eigenvalue weighted by molar-refractivity contribution is 5.79. The van der Waals surface area contributed by atoms with Crippen LogP contribution >= 0.6 is 0 Å². The topological polar surface area (TPSA) is 58.1 Å². The molecule has 1 fully saturated rings. The standard InChI is InChI=1S/C21H35FN4O2/c1-5-28-20-7-6-17(13-19(20)22)14-24-21(23-4)25-15-18(12-16(2)3)26-8-10-27-11-9-26/h6-7,13,16,18H,5,8-12,14-15H2,1-4H3,(H2,23,24,25). The molecule has 2 N–H and O–H groups in total. The maximum absolute atomic E-state index is 14.0. The van der Waals surface area contributed by atoms with Crippen LogP contribution in [-0.4, -0.2) is 63.4 Å². The molecule has 0 aromatic heterocycles. The van der Waals surface area contributed by atoms with Crippen LogP contribution < -0.4 is 15.4 Å². The van der Waals surface area contributed by atoms with Crippen molar-refractivity contribution in [3.05, 3.63) is 29.6 Å². The van der Waals surface area contributed by atoms with Gasteiger partial charge >= 0.3 is 0 Å². The molecule has 7 heteroatoms. The molecular weight excluding hydrogens is 359 g/mol. The number of benzene rings is 1. The van der Waals surface area contributed by atoms with E-state index in [0.717, 1.165) is 50.8 Å². The summed E-state index contributed by atoms with van der Waals surface area (Å²) >= 11 is 0. The molecule has 158 valence electrons. The zero-order valence-electron chi connectivity index (χ0n) is 17.6. The molecule has 1 aliphatic heterocycles. The molecule has 0 radical (unpaired) electrons. The maximum Gasteiger partial charge on any atom is 0.191 e. The van der Waals surface area contributed by atoms with E-state index in [-0.39, 0.29) is 11.6 Å². The van der Waals surface area contributed by atoms with Gasteiger partial charge in [-0.15, -0.1) is 0 Å². The van der Waals surface area contributed by atoms with E-state index in [0.29, 0.717) is 25.1 Å². The van der Waals surface area contributed by atoms with Crippen molar-refractivity contribution in [3.8, 4) is 5.75 Å². The number of nitrogens with one attached hydrogen (secondary N) is 2. The summed E-state index contributed by atoms with van der Waals surface area (Å²) in [6.07, 6.45) is 1.12. The Morgan fingerprint density at radius 1 is 1.29 bits per heavy atom. The summed E-state index contributed by atoms with van der Waals surface area (Å²) in [5.74, 6) is 1.29. The Kier molecular flexibility index (Phi) is 9.50. The van der Waals surface area contributed by atoms with Crippen LogP contribution in [0, 0.1) is 11.7 Å². The van der Waals surface area contributed by atoms with Crippen molar-refractivity contribution >= 4 is 5.96 Å². The first-order chi connectivity index (χ1) is 13.5. The van der Waals surface area contributed by atoms with Gasteiger partial charge in [0.05, 0.1) is 19.8 Å². The van der Waals surface area contributed by atoms with E-state index in [4.69, 9.17) is 9.47 Å². The van der Waals surface area contributed by atoms with E-state index < -0.39 is 0 Å². The minimum atomic E-state index is -0.339. The van der Waals surface area contributed by atoms with Gasteiger partial charge in [0.15, 0.2) is 17.5 Å². The number of morpholine rings is 1. The van der Waals surface area contributed by atoms with E-state index in [1.54, 1.807) is 13.1 Å². The fraction of sp³-hybridized carbons (Fsp3) is 0.667. The lowest BCUT2D eigenvalue weighted by molar-refractivity contribution is 0.0132. The molecule has 2 rings (SSSR count). The highest BCUT2D eigenvalue weighted by atomic mass is 19.1. The van der Waals surface area contributed by atoms with Crippen LogP contribution in [0.25, 0.3) is 0 Å². The number of nitrogens with zero attached hydrogens (tertiary/aromatic N) is 2. The monoisotopic (exact) mass is 394 g/mol. The minimum Gasteiger partial charge on any atom is -0.491 e. The molecule has 1 saturated heterocycles. The number of guanidine groups is 1. The van der Waals surface area contributed by atoms with E-state index >= 15 is 0 Å². The summed E-state index contributed by atoms with van der Waals surface area (Å²) in [6, 6.07) is 5.47. The predicted octanol–water partition coefficient (Wildman–Crippen LogP) is 2.64. The van der Waals surface area contributed by atoms with Crippen LogP contribution in [0.4, 0.5) is 4.39 Å². The number of halogens is 1. The molecule has 1 unspecified atom stereocenters. The van der Waals surface area contributed by atoms with Crippen molar-refractivity contribution in [1.29, 1.82) is 0 Å². The fourth-order valence-corrected chi connectivity index (χ4v) is 3.40. The smallest absolute Gasteiger partial charge is 0.191 e. The Labute approximate surface area is 168 Å². The second kappa shape index (κ2) is 11.9. The van der Waals surface area contributed by atoms with Crippen LogP contribution in [0.5, 0.6) is 5.75 Å². The van der Waals surface area contributed by atoms with Crippen molar-refractivity contribution in [3.63, 3.8) is 0 Å². The van der Waals surface area contributed by atoms with Crippen LogP contribution in [0.1, 0.15) is 32.8 Å². The van der Waals surface area contributed by atoms with Gasteiger partial charge in [-0.05, 0) is 37.0 Å². The molecule has 0 saturated carbocycles. The summed E-state index contributed by atoms with van der Waals surface area (Å²) in [4.78, 5) is 6.79. The first-order valence-electron chi connectivity index (χ1n) is 10.2. The normalized spacial score (nSPS) is 16.9. The first kappa shape index (κ1) is 22.4. The van der Waals surface area contributed by atoms with Gasteiger partial charge in [-0.1, -0.05) is 19.9 Å². The highest BCUT2D eigenvalue weighted by Gasteiger charge is 2.22. The lowest BCUT2D eigenvalue weighted by Crippen LogP contribution is -2.50. The second-order valence-corrected chi connectivity index (χ2v) is 7.44. The Morgan fingerprint density at radius 3 is 2.64 bits per heavy atom. The number of aliphatic imine (C=N–C) groups is 1. The summed E-state index contributed by atoms with van der Waals surface area (Å²) in [5.41, 5.74) is 0.843. The van der Waals surface area contributed by atoms with Gasteiger partial charge in [-0.3, -0.25) is 9.89 Å². The number of hydrogen-bond donors (Lipinski definition) is 2.